The van der Waals surface area contributed by atoms with Crippen LogP contribution in [0, 0.1) is 12.3 Å². The normalized spacial score (nSPS) is 12.7. The van der Waals surface area contributed by atoms with Gasteiger partial charge in [-0.3, -0.25) is 9.48 Å². The van der Waals surface area contributed by atoms with E-state index in [9.17, 15) is 26.4 Å². The fourth-order valence-electron chi connectivity index (χ4n) is 2.64. The number of alkyl halides is 3. The molecule has 0 saturated carbocycles. The SMILES string of the molecule is Cc1nn(C)cc1S(=O)(=O)C(=O)c1ccc(-n2ccc(OCC(C)(C)C(F)(F)F)n2)nc1Cl. The van der Waals surface area contributed by atoms with Crippen molar-refractivity contribution in [1.82, 2.24) is 24.5 Å². The lowest BCUT2D eigenvalue weighted by atomic mass is 9.94. The van der Waals surface area contributed by atoms with Crippen molar-refractivity contribution in [3.05, 3.63) is 47.0 Å². The van der Waals surface area contributed by atoms with Crippen LogP contribution in [0.15, 0.2) is 35.5 Å². The number of rotatable bonds is 6. The Hall–Kier alpha value is -2.93. The van der Waals surface area contributed by atoms with E-state index >= 15 is 0 Å². The number of pyridine rings is 1. The Morgan fingerprint density at radius 1 is 1.18 bits per heavy atom. The maximum absolute atomic E-state index is 13.0. The maximum atomic E-state index is 13.0. The van der Waals surface area contributed by atoms with Gasteiger partial charge < -0.3 is 4.74 Å². The van der Waals surface area contributed by atoms with Crippen LogP contribution in [0.5, 0.6) is 5.88 Å². The van der Waals surface area contributed by atoms with Crippen LogP contribution < -0.4 is 4.74 Å². The molecule has 0 aliphatic rings. The fourth-order valence-corrected chi connectivity index (χ4v) is 4.31. The molecule has 3 rings (SSSR count). The largest absolute Gasteiger partial charge is 0.476 e. The summed E-state index contributed by atoms with van der Waals surface area (Å²) in [7, 11) is -2.89. The second kappa shape index (κ2) is 8.45. The first-order valence-corrected chi connectivity index (χ1v) is 11.2. The van der Waals surface area contributed by atoms with Gasteiger partial charge in [0, 0.05) is 25.5 Å². The van der Waals surface area contributed by atoms with Crippen LogP contribution in [-0.2, 0) is 16.9 Å². The predicted octanol–water partition coefficient (Wildman–Crippen LogP) is 3.54. The zero-order valence-electron chi connectivity index (χ0n) is 17.9. The summed E-state index contributed by atoms with van der Waals surface area (Å²) in [4.78, 5) is 16.4. The van der Waals surface area contributed by atoms with Gasteiger partial charge in [0.05, 0.1) is 16.7 Å². The van der Waals surface area contributed by atoms with E-state index in [0.29, 0.717) is 0 Å². The first-order valence-electron chi connectivity index (χ1n) is 9.35. The highest BCUT2D eigenvalue weighted by Crippen LogP contribution is 2.37. The number of ether oxygens (including phenoxy) is 1. The molecule has 33 heavy (non-hydrogen) atoms. The Bertz CT molecular complexity index is 1320. The number of hydrogen-bond donors (Lipinski definition) is 0. The Labute approximate surface area is 192 Å². The molecule has 0 fully saturated rings. The van der Waals surface area contributed by atoms with Crippen LogP contribution in [0.1, 0.15) is 29.9 Å². The molecule has 0 saturated heterocycles. The number of sulfone groups is 1. The van der Waals surface area contributed by atoms with Crippen molar-refractivity contribution in [1.29, 1.82) is 0 Å². The van der Waals surface area contributed by atoms with E-state index in [-0.39, 0.29) is 27.9 Å². The molecule has 0 aliphatic carbocycles. The number of nitrogens with zero attached hydrogens (tertiary/aromatic N) is 5. The molecule has 14 heteroatoms. The Balaban J connectivity index is 1.82. The zero-order chi connectivity index (χ0) is 24.8. The van der Waals surface area contributed by atoms with E-state index < -0.39 is 38.3 Å². The van der Waals surface area contributed by atoms with Crippen LogP contribution in [-0.4, -0.2) is 50.9 Å². The molecule has 178 valence electrons. The average molecular weight is 506 g/mol. The van der Waals surface area contributed by atoms with E-state index in [0.717, 1.165) is 18.5 Å². The smallest absolute Gasteiger partial charge is 0.397 e. The minimum absolute atomic E-state index is 0.0833. The van der Waals surface area contributed by atoms with Gasteiger partial charge in [0.2, 0.25) is 15.7 Å². The van der Waals surface area contributed by atoms with Crippen molar-refractivity contribution in [2.24, 2.45) is 12.5 Å². The van der Waals surface area contributed by atoms with Crippen molar-refractivity contribution in [2.45, 2.75) is 31.8 Å². The van der Waals surface area contributed by atoms with Gasteiger partial charge in [-0.1, -0.05) is 11.6 Å². The number of hydrogen-bond acceptors (Lipinski definition) is 7. The van der Waals surface area contributed by atoms with Crippen LogP contribution in [0.3, 0.4) is 0 Å². The average Bonchev–Trinajstić information content (AvgIpc) is 3.31. The molecular formula is C19H19ClF3N5O4S. The Morgan fingerprint density at radius 3 is 2.39 bits per heavy atom. The third-order valence-corrected chi connectivity index (χ3v) is 6.68. The van der Waals surface area contributed by atoms with Crippen molar-refractivity contribution >= 4 is 26.6 Å². The third-order valence-electron chi connectivity index (χ3n) is 4.70. The van der Waals surface area contributed by atoms with Gasteiger partial charge in [0.15, 0.2) is 5.82 Å². The van der Waals surface area contributed by atoms with Crippen molar-refractivity contribution in [3.8, 4) is 11.7 Å². The maximum Gasteiger partial charge on any atom is 0.397 e. The summed E-state index contributed by atoms with van der Waals surface area (Å²) in [6.07, 6.45) is -1.88. The molecule has 0 unspecified atom stereocenters. The standard InChI is InChI=1S/C19H19ClF3N5O4S/c1-11-13(9-27(4)25-11)33(30,31)17(29)12-5-6-14(24-16(12)20)28-8-7-15(26-28)32-10-18(2,3)19(21,22)23/h5-9H,10H2,1-4H3. The highest BCUT2D eigenvalue weighted by molar-refractivity contribution is 8.06. The molecule has 0 amide bonds. The monoisotopic (exact) mass is 505 g/mol. The van der Waals surface area contributed by atoms with Gasteiger partial charge in [-0.25, -0.2) is 18.1 Å². The van der Waals surface area contributed by atoms with Crippen LogP contribution in [0.4, 0.5) is 13.2 Å². The summed E-state index contributed by atoms with van der Waals surface area (Å²) < 4.78 is 71.9. The van der Waals surface area contributed by atoms with Gasteiger partial charge in [0.1, 0.15) is 16.7 Å². The van der Waals surface area contributed by atoms with E-state index in [1.165, 1.54) is 49.2 Å². The van der Waals surface area contributed by atoms with Gasteiger partial charge in [0.25, 0.3) is 5.12 Å². The molecule has 0 bridgehead atoms. The first-order chi connectivity index (χ1) is 15.1. The summed E-state index contributed by atoms with van der Waals surface area (Å²) in [5.41, 5.74) is -2.28. The minimum atomic E-state index is -4.46. The molecule has 3 aromatic rings. The summed E-state index contributed by atoms with van der Waals surface area (Å²) in [6.45, 7) is 2.81. The lowest BCUT2D eigenvalue weighted by Crippen LogP contribution is -2.37. The fraction of sp³-hybridized carbons (Fsp3) is 0.368. The predicted molar refractivity (Wildman–Crippen MR) is 111 cm³/mol. The molecule has 0 aliphatic heterocycles. The topological polar surface area (TPSA) is 109 Å². The number of halogens is 4. The molecule has 3 aromatic heterocycles. The first kappa shape index (κ1) is 24.7. The summed E-state index contributed by atoms with van der Waals surface area (Å²) in [5.74, 6) is 0.0106. The van der Waals surface area contributed by atoms with Crippen molar-refractivity contribution in [2.75, 3.05) is 6.61 Å². The summed E-state index contributed by atoms with van der Waals surface area (Å²) >= 11 is 6.08. The Kier molecular flexibility index (Phi) is 6.33. The van der Waals surface area contributed by atoms with Crippen molar-refractivity contribution < 1.29 is 31.1 Å². The van der Waals surface area contributed by atoms with E-state index in [1.807, 2.05) is 0 Å². The molecule has 0 atom stereocenters. The molecule has 0 spiro atoms. The molecule has 0 radical (unpaired) electrons. The van der Waals surface area contributed by atoms with Gasteiger partial charge >= 0.3 is 6.18 Å². The van der Waals surface area contributed by atoms with Crippen LogP contribution in [0.25, 0.3) is 5.82 Å². The number of aromatic nitrogens is 5. The molecular weight excluding hydrogens is 487 g/mol. The third kappa shape index (κ3) is 4.88. The van der Waals surface area contributed by atoms with Crippen LogP contribution >= 0.6 is 11.6 Å². The highest BCUT2D eigenvalue weighted by atomic mass is 35.5. The molecule has 3 heterocycles. The molecule has 0 aromatic carbocycles. The summed E-state index contributed by atoms with van der Waals surface area (Å²) in [5, 5.41) is 6.27. The summed E-state index contributed by atoms with van der Waals surface area (Å²) in [6, 6.07) is 3.79. The Morgan fingerprint density at radius 2 is 1.85 bits per heavy atom. The second-order valence-corrected chi connectivity index (χ2v) is 10.00. The second-order valence-electron chi connectivity index (χ2n) is 7.82. The van der Waals surface area contributed by atoms with Gasteiger partial charge in [-0.05, 0) is 32.9 Å². The van der Waals surface area contributed by atoms with Crippen molar-refractivity contribution in [3.63, 3.8) is 0 Å². The van der Waals surface area contributed by atoms with E-state index in [1.54, 1.807) is 0 Å². The number of aryl methyl sites for hydroxylation is 2. The minimum Gasteiger partial charge on any atom is -0.476 e. The van der Waals surface area contributed by atoms with Gasteiger partial charge in [-0.2, -0.15) is 18.3 Å². The van der Waals surface area contributed by atoms with E-state index in [4.69, 9.17) is 16.3 Å². The zero-order valence-corrected chi connectivity index (χ0v) is 19.5. The number of carbonyl (C=O) groups excluding carboxylic acids is 1. The number of carbonyl (C=O) groups is 1. The molecule has 9 nitrogen and oxygen atoms in total. The van der Waals surface area contributed by atoms with Crippen LogP contribution in [0.2, 0.25) is 5.15 Å². The highest BCUT2D eigenvalue weighted by Gasteiger charge is 2.48. The van der Waals surface area contributed by atoms with E-state index in [2.05, 4.69) is 15.2 Å². The van der Waals surface area contributed by atoms with Gasteiger partial charge in [-0.15, -0.1) is 5.10 Å². The lowest BCUT2D eigenvalue weighted by Gasteiger charge is -2.26. The molecule has 0 N–H and O–H groups in total. The quantitative estimate of drug-likeness (QED) is 0.471. The lowest BCUT2D eigenvalue weighted by molar-refractivity contribution is -0.219.